The summed E-state index contributed by atoms with van der Waals surface area (Å²) in [5.74, 6) is 0.00753. The average molecular weight is 231 g/mol. The van der Waals surface area contributed by atoms with Gasteiger partial charge in [-0.3, -0.25) is 4.79 Å². The average Bonchev–Trinajstić information content (AvgIpc) is 2.85. The molecule has 0 spiro atoms. The van der Waals surface area contributed by atoms with Crippen molar-refractivity contribution in [3.8, 4) is 0 Å². The van der Waals surface area contributed by atoms with Crippen molar-refractivity contribution in [1.29, 1.82) is 0 Å². The molecule has 3 N–H and O–H groups in total. The van der Waals surface area contributed by atoms with Gasteiger partial charge in [-0.25, -0.2) is 0 Å². The van der Waals surface area contributed by atoms with Crippen molar-refractivity contribution in [1.82, 2.24) is 0 Å². The lowest BCUT2D eigenvalue weighted by Gasteiger charge is -2.14. The maximum Gasteiger partial charge on any atom is 0.291 e. The zero-order valence-corrected chi connectivity index (χ0v) is 9.22. The van der Waals surface area contributed by atoms with Gasteiger partial charge >= 0.3 is 0 Å². The summed E-state index contributed by atoms with van der Waals surface area (Å²) in [5.41, 5.74) is 7.74. The zero-order valence-electron chi connectivity index (χ0n) is 9.22. The molecule has 0 fully saturated rings. The Balaban J connectivity index is 1.74. The van der Waals surface area contributed by atoms with Gasteiger partial charge in [0.1, 0.15) is 0 Å². The van der Waals surface area contributed by atoms with Gasteiger partial charge in [0.15, 0.2) is 6.10 Å². The number of amides is 1. The van der Waals surface area contributed by atoms with Crippen LogP contribution in [-0.4, -0.2) is 24.6 Å². The minimum Gasteiger partial charge on any atom is -0.452 e. The first-order chi connectivity index (χ1) is 8.24. The number of nitrogens with one attached hydrogen (secondary N) is 1. The third-order valence-corrected chi connectivity index (χ3v) is 3.20. The lowest BCUT2D eigenvalue weighted by molar-refractivity contribution is -0.123. The van der Waals surface area contributed by atoms with E-state index >= 15 is 0 Å². The Bertz CT molecular complexity index is 498. The number of para-hydroxylation sites is 1. The maximum absolute atomic E-state index is 11.5. The Morgan fingerprint density at radius 3 is 3.06 bits per heavy atom. The van der Waals surface area contributed by atoms with Gasteiger partial charge in [-0.1, -0.05) is 18.2 Å². The van der Waals surface area contributed by atoms with E-state index in [9.17, 15) is 4.79 Å². The van der Waals surface area contributed by atoms with E-state index in [1.807, 2.05) is 18.2 Å². The lowest BCUT2D eigenvalue weighted by atomic mass is 9.95. The highest BCUT2D eigenvalue weighted by molar-refractivity contribution is 5.97. The molecular formula is C12H13N3O2. The van der Waals surface area contributed by atoms with Crippen LogP contribution >= 0.6 is 0 Å². The van der Waals surface area contributed by atoms with Crippen molar-refractivity contribution in [3.05, 3.63) is 29.8 Å². The lowest BCUT2D eigenvalue weighted by Crippen LogP contribution is -2.23. The number of aliphatic imine (C=N–C) groups is 1. The van der Waals surface area contributed by atoms with Crippen LogP contribution in [0.15, 0.2) is 29.3 Å². The fourth-order valence-corrected chi connectivity index (χ4v) is 2.38. The largest absolute Gasteiger partial charge is 0.452 e. The van der Waals surface area contributed by atoms with Gasteiger partial charge in [-0.05, 0) is 11.6 Å². The van der Waals surface area contributed by atoms with E-state index in [0.29, 0.717) is 6.42 Å². The van der Waals surface area contributed by atoms with Crippen LogP contribution in [0.3, 0.4) is 0 Å². The fraction of sp³-hybridized carbons (Fsp3) is 0.333. The van der Waals surface area contributed by atoms with Crippen molar-refractivity contribution in [2.45, 2.75) is 18.4 Å². The van der Waals surface area contributed by atoms with E-state index < -0.39 is 6.10 Å². The standard InChI is InChI=1S/C12H13N3O2/c13-12-15-11(16)10(17-12)5-7-6-14-9-4-2-1-3-8(7)9/h1-4,7,10,14H,5-6H2,(H2,13,15,16)/t7?,10-/m0/s1. The van der Waals surface area contributed by atoms with E-state index in [0.717, 1.165) is 12.2 Å². The molecule has 0 aliphatic carbocycles. The normalized spacial score (nSPS) is 26.1. The minimum absolute atomic E-state index is 0.0146. The molecule has 1 aromatic rings. The second-order valence-electron chi connectivity index (χ2n) is 4.30. The summed E-state index contributed by atoms with van der Waals surface area (Å²) in [6, 6.07) is 8.09. The smallest absolute Gasteiger partial charge is 0.291 e. The summed E-state index contributed by atoms with van der Waals surface area (Å²) in [7, 11) is 0. The summed E-state index contributed by atoms with van der Waals surface area (Å²) in [6.07, 6.45) is 0.0977. The highest BCUT2D eigenvalue weighted by atomic mass is 16.5. The first-order valence-electron chi connectivity index (χ1n) is 5.61. The SMILES string of the molecule is NC1=NC(=O)[C@H](CC2CNc3ccccc32)O1. The number of anilines is 1. The van der Waals surface area contributed by atoms with Crippen LogP contribution in [0.4, 0.5) is 5.69 Å². The maximum atomic E-state index is 11.5. The van der Waals surface area contributed by atoms with Crippen molar-refractivity contribution in [3.63, 3.8) is 0 Å². The Labute approximate surface area is 98.7 Å². The molecule has 0 saturated carbocycles. The second-order valence-corrected chi connectivity index (χ2v) is 4.30. The number of hydrogen-bond donors (Lipinski definition) is 2. The summed E-state index contributed by atoms with van der Waals surface area (Å²) >= 11 is 0. The molecule has 2 aliphatic rings. The van der Waals surface area contributed by atoms with Gasteiger partial charge in [0.25, 0.3) is 11.9 Å². The van der Waals surface area contributed by atoms with Gasteiger partial charge in [-0.15, -0.1) is 0 Å². The predicted molar refractivity (Wildman–Crippen MR) is 63.8 cm³/mol. The first kappa shape index (κ1) is 10.1. The Morgan fingerprint density at radius 1 is 1.47 bits per heavy atom. The minimum atomic E-state index is -0.520. The number of ether oxygens (including phenoxy) is 1. The number of carbonyl (C=O) groups excluding carboxylic acids is 1. The third-order valence-electron chi connectivity index (χ3n) is 3.20. The highest BCUT2D eigenvalue weighted by Crippen LogP contribution is 2.35. The summed E-state index contributed by atoms with van der Waals surface area (Å²) in [4.78, 5) is 15.1. The summed E-state index contributed by atoms with van der Waals surface area (Å²) < 4.78 is 5.20. The molecule has 2 atom stereocenters. The number of nitrogens with two attached hydrogens (primary N) is 1. The van der Waals surface area contributed by atoms with E-state index in [-0.39, 0.29) is 17.8 Å². The van der Waals surface area contributed by atoms with Crippen LogP contribution < -0.4 is 11.1 Å². The molecule has 2 heterocycles. The van der Waals surface area contributed by atoms with Gasteiger partial charge in [0.2, 0.25) is 0 Å². The monoisotopic (exact) mass is 231 g/mol. The topological polar surface area (TPSA) is 76.7 Å². The van der Waals surface area contributed by atoms with E-state index in [1.54, 1.807) is 0 Å². The van der Waals surface area contributed by atoms with Gasteiger partial charge in [-0.2, -0.15) is 4.99 Å². The third kappa shape index (κ3) is 1.73. The molecule has 0 radical (unpaired) electrons. The summed E-state index contributed by atoms with van der Waals surface area (Å²) in [5, 5.41) is 3.31. The number of amidine groups is 1. The van der Waals surface area contributed by atoms with Crippen LogP contribution in [0.5, 0.6) is 0 Å². The van der Waals surface area contributed by atoms with Gasteiger partial charge < -0.3 is 15.8 Å². The molecule has 5 heteroatoms. The van der Waals surface area contributed by atoms with Crippen molar-refractivity contribution >= 4 is 17.6 Å². The number of fused-ring (bicyclic) bond motifs is 1. The van der Waals surface area contributed by atoms with Crippen molar-refractivity contribution in [2.75, 3.05) is 11.9 Å². The highest BCUT2D eigenvalue weighted by Gasteiger charge is 2.33. The molecule has 2 aliphatic heterocycles. The Morgan fingerprint density at radius 2 is 2.29 bits per heavy atom. The van der Waals surface area contributed by atoms with E-state index in [4.69, 9.17) is 10.5 Å². The number of hydrogen-bond acceptors (Lipinski definition) is 4. The molecule has 17 heavy (non-hydrogen) atoms. The molecule has 1 unspecified atom stereocenters. The number of rotatable bonds is 2. The number of benzene rings is 1. The van der Waals surface area contributed by atoms with Gasteiger partial charge in [0, 0.05) is 24.6 Å². The Kier molecular flexibility index (Phi) is 2.24. The molecule has 3 rings (SSSR count). The van der Waals surface area contributed by atoms with E-state index in [1.165, 1.54) is 5.56 Å². The van der Waals surface area contributed by atoms with Crippen LogP contribution in [-0.2, 0) is 9.53 Å². The van der Waals surface area contributed by atoms with Crippen LogP contribution in [0.25, 0.3) is 0 Å². The van der Waals surface area contributed by atoms with Crippen LogP contribution in [0.1, 0.15) is 17.9 Å². The Hall–Kier alpha value is -2.04. The zero-order chi connectivity index (χ0) is 11.8. The predicted octanol–water partition coefficient (Wildman–Crippen LogP) is 0.826. The molecule has 5 nitrogen and oxygen atoms in total. The molecular weight excluding hydrogens is 218 g/mol. The molecule has 88 valence electrons. The first-order valence-corrected chi connectivity index (χ1v) is 5.61. The fourth-order valence-electron chi connectivity index (χ4n) is 2.38. The van der Waals surface area contributed by atoms with Crippen LogP contribution in [0.2, 0.25) is 0 Å². The number of carbonyl (C=O) groups is 1. The van der Waals surface area contributed by atoms with Crippen molar-refractivity contribution < 1.29 is 9.53 Å². The van der Waals surface area contributed by atoms with Crippen LogP contribution in [0, 0.1) is 0 Å². The second kappa shape index (κ2) is 3.76. The molecule has 1 aromatic carbocycles. The van der Waals surface area contributed by atoms with E-state index in [2.05, 4.69) is 16.4 Å². The molecule has 1 amide bonds. The van der Waals surface area contributed by atoms with Crippen molar-refractivity contribution in [2.24, 2.45) is 10.7 Å². The molecule has 0 saturated heterocycles. The number of nitrogens with zero attached hydrogens (tertiary/aromatic N) is 1. The summed E-state index contributed by atoms with van der Waals surface area (Å²) in [6.45, 7) is 0.826. The quantitative estimate of drug-likeness (QED) is 0.790. The molecule has 0 aromatic heterocycles. The van der Waals surface area contributed by atoms with Gasteiger partial charge in [0.05, 0.1) is 0 Å². The molecule has 0 bridgehead atoms.